The van der Waals surface area contributed by atoms with E-state index in [9.17, 15) is 28.8 Å². The lowest BCUT2D eigenvalue weighted by Crippen LogP contribution is -2.49. The Labute approximate surface area is 573 Å². The van der Waals surface area contributed by atoms with Crippen LogP contribution in [0, 0.1) is 5.92 Å². The average molecular weight is 1320 g/mol. The zero-order chi connectivity index (χ0) is 65.0. The van der Waals surface area contributed by atoms with Gasteiger partial charge in [0.05, 0.1) is 76.7 Å². The fraction of sp³-hybridized carbons (Fsp3) is 0.703. The molecular formula is C74H134BN8O11. The minimum Gasteiger partial charge on any atom is -0.469 e. The van der Waals surface area contributed by atoms with Gasteiger partial charge in [0.15, 0.2) is 0 Å². The first kappa shape index (κ1) is 92.2. The highest BCUT2D eigenvalue weighted by molar-refractivity contribution is 5.99. The van der Waals surface area contributed by atoms with Crippen LogP contribution in [0.2, 0.25) is 0 Å². The molecule has 6 aliphatic rings. The van der Waals surface area contributed by atoms with Crippen molar-refractivity contribution in [1.82, 2.24) is 14.7 Å². The molecule has 8 rings (SSSR count). The normalized spacial score (nSPS) is 18.6. The number of anilines is 4. The quantitative estimate of drug-likeness (QED) is 0.0294. The van der Waals surface area contributed by atoms with Gasteiger partial charge >= 0.3 is 29.8 Å². The Morgan fingerprint density at radius 1 is 0.553 bits per heavy atom. The molecule has 94 heavy (non-hydrogen) atoms. The second kappa shape index (κ2) is 56.2. The summed E-state index contributed by atoms with van der Waals surface area (Å²) in [7, 11) is 6.96. The van der Waals surface area contributed by atoms with Crippen molar-refractivity contribution in [2.45, 2.75) is 259 Å². The third-order valence-electron chi connectivity index (χ3n) is 17.9. The molecule has 20 heteroatoms. The molecule has 4 aliphatic carbocycles. The minimum absolute atomic E-state index is 0. The first-order valence-corrected chi connectivity index (χ1v) is 33.5. The maximum atomic E-state index is 12.4. The van der Waals surface area contributed by atoms with Crippen LogP contribution in [0.15, 0.2) is 72.5 Å². The molecule has 0 aromatic heterocycles. The van der Waals surface area contributed by atoms with Crippen molar-refractivity contribution in [1.29, 1.82) is 0 Å². The molecule has 4 saturated carbocycles. The number of hydrogen-bond donors (Lipinski definition) is 5. The zero-order valence-corrected chi connectivity index (χ0v) is 55.9. The summed E-state index contributed by atoms with van der Waals surface area (Å²) in [6.45, 7) is 7.49. The molecular weight excluding hydrogens is 1190 g/mol. The standard InChI is InChI=1S/C21H31N3O2.C16H29NO4.C15H25NO3.C8H17N.C6H8N2.C4H6O2.4CH4.B.H2/c1-26-21(25)17-15-24(16-9-5-3-2-4-6-10-16)14-13-19(17)23-20-12-8-7-11-18(20)22;1-20-15(18)10-12-17(13-11-16(19)21-2)14-8-6-4-3-5-7-9-14;1-19-15(18)13-11-16(10-9-14(13)17)12-7-5-3-2-4-6-8-12;9-8-6-4-2-1-3-5-7-8;7-5-3-1-2-4-6(5)8;1-3-4(5)6-2;;;;;;/h7-8,11-12,16,23H,2-6,9-10,13-15,22H2,1H3;14H,3-13H2,1-2H3;12-13H,2-11H2,1H3;8H,1-7,9H2;1-4H,7-8H2;3H,1H2,2H3;4*1H4;;1H. The molecule has 539 valence electrons. The van der Waals surface area contributed by atoms with E-state index in [1.807, 2.05) is 36.4 Å². The third-order valence-corrected chi connectivity index (χ3v) is 17.9. The molecule has 1 unspecified atom stereocenters. The van der Waals surface area contributed by atoms with Crippen LogP contribution in [0.3, 0.4) is 0 Å². The van der Waals surface area contributed by atoms with Crippen LogP contribution in [0.4, 0.5) is 22.7 Å². The van der Waals surface area contributed by atoms with E-state index in [1.165, 1.54) is 202 Å². The van der Waals surface area contributed by atoms with Gasteiger partial charge in [-0.2, -0.15) is 0 Å². The summed E-state index contributed by atoms with van der Waals surface area (Å²) in [4.78, 5) is 75.6. The fourth-order valence-electron chi connectivity index (χ4n) is 12.5. The smallest absolute Gasteiger partial charge is 0.336 e. The van der Waals surface area contributed by atoms with E-state index >= 15 is 0 Å². The van der Waals surface area contributed by atoms with E-state index in [4.69, 9.17) is 41.9 Å². The number of ether oxygens (including phenoxy) is 5. The second-order valence-corrected chi connectivity index (χ2v) is 24.3. The van der Waals surface area contributed by atoms with Crippen LogP contribution in [0.5, 0.6) is 0 Å². The molecule has 0 spiro atoms. The van der Waals surface area contributed by atoms with Crippen LogP contribution in [-0.4, -0.2) is 158 Å². The predicted molar refractivity (Wildman–Crippen MR) is 392 cm³/mol. The van der Waals surface area contributed by atoms with Gasteiger partial charge in [-0.05, 0) is 75.6 Å². The lowest BCUT2D eigenvalue weighted by molar-refractivity contribution is -0.152. The SMILES string of the molecule is C.C.C.C.C=CC(=O)OC.COC(=O)C1=C(Nc2ccccc2N)CCN(C2CCCCCCC2)C1.COC(=O)C1CN(C2CCCCCCC2)CCC1=O.COC(=O)CCN(CCC(=O)OC)C1CCCCCCC1.NC1CCCCCCC1.Nc1ccccc1N.[B].[HH]. The summed E-state index contributed by atoms with van der Waals surface area (Å²) >= 11 is 0. The molecule has 2 aromatic carbocycles. The number of likely N-dealkylation sites (tertiary alicyclic amines) is 1. The summed E-state index contributed by atoms with van der Waals surface area (Å²) in [6, 6.07) is 17.0. The summed E-state index contributed by atoms with van der Waals surface area (Å²) < 4.78 is 23.4. The van der Waals surface area contributed by atoms with E-state index in [0.29, 0.717) is 86.7 Å². The first-order valence-electron chi connectivity index (χ1n) is 33.5. The van der Waals surface area contributed by atoms with Crippen LogP contribution in [0.1, 0.15) is 237 Å². The van der Waals surface area contributed by atoms with E-state index in [2.05, 4.69) is 31.3 Å². The number of carbonyl (C=O) groups is 6. The van der Waals surface area contributed by atoms with Gasteiger partial charge < -0.3 is 51.9 Å². The molecule has 0 amide bonds. The fourth-order valence-corrected chi connectivity index (χ4v) is 12.5. The largest absolute Gasteiger partial charge is 0.469 e. The van der Waals surface area contributed by atoms with Crippen molar-refractivity contribution in [3.8, 4) is 0 Å². The number of methoxy groups -OCH3 is 5. The van der Waals surface area contributed by atoms with Crippen LogP contribution < -0.4 is 28.3 Å². The zero-order valence-electron chi connectivity index (χ0n) is 55.9. The lowest BCUT2D eigenvalue weighted by atomic mass is 9.91. The Balaban J connectivity index is -0.000000549. The molecule has 2 aliphatic heterocycles. The number of nitrogen functional groups attached to an aromatic ring is 3. The highest BCUT2D eigenvalue weighted by atomic mass is 16.5. The first-order chi connectivity index (χ1) is 43.1. The third kappa shape index (κ3) is 38.0. The number of ketones is 1. The van der Waals surface area contributed by atoms with Crippen LogP contribution in [0.25, 0.3) is 0 Å². The van der Waals surface area contributed by atoms with Gasteiger partial charge in [0.2, 0.25) is 0 Å². The van der Waals surface area contributed by atoms with Gasteiger partial charge in [-0.15, -0.1) is 0 Å². The number of esters is 5. The van der Waals surface area contributed by atoms with Crippen molar-refractivity contribution in [3.05, 3.63) is 72.5 Å². The number of para-hydroxylation sites is 4. The van der Waals surface area contributed by atoms with E-state index < -0.39 is 11.9 Å². The molecule has 2 aromatic rings. The Bertz CT molecular complexity index is 2320. The minimum atomic E-state index is -0.552. The van der Waals surface area contributed by atoms with Gasteiger partial charge in [-0.3, -0.25) is 33.9 Å². The molecule has 0 bridgehead atoms. The van der Waals surface area contributed by atoms with Gasteiger partial charge in [0.1, 0.15) is 11.7 Å². The van der Waals surface area contributed by atoms with Crippen molar-refractivity contribution in [2.75, 3.05) is 97.3 Å². The molecule has 1 atom stereocenters. The maximum absolute atomic E-state index is 12.4. The van der Waals surface area contributed by atoms with Crippen molar-refractivity contribution in [2.24, 2.45) is 11.7 Å². The number of piperidine rings is 1. The number of nitrogens with two attached hydrogens (primary N) is 4. The Hall–Kier alpha value is -5.96. The summed E-state index contributed by atoms with van der Waals surface area (Å²) in [5.74, 6) is -1.88. The van der Waals surface area contributed by atoms with Gasteiger partial charge in [0, 0.05) is 97.9 Å². The van der Waals surface area contributed by atoms with Crippen molar-refractivity contribution >= 4 is 66.8 Å². The van der Waals surface area contributed by atoms with Crippen LogP contribution in [-0.2, 0) is 52.5 Å². The van der Waals surface area contributed by atoms with E-state index in [-0.39, 0.29) is 69.2 Å². The summed E-state index contributed by atoms with van der Waals surface area (Å²) in [6.07, 6.45) is 39.5. The molecule has 1 saturated heterocycles. The highest BCUT2D eigenvalue weighted by Gasteiger charge is 2.36. The molecule has 2 heterocycles. The lowest BCUT2D eigenvalue weighted by Gasteiger charge is -2.37. The number of benzene rings is 2. The predicted octanol–water partition coefficient (Wildman–Crippen LogP) is 14.3. The number of hydrogen-bond acceptors (Lipinski definition) is 19. The number of carbonyl (C=O) groups excluding carboxylic acids is 6. The molecule has 5 fully saturated rings. The maximum Gasteiger partial charge on any atom is 0.336 e. The van der Waals surface area contributed by atoms with E-state index in [1.54, 1.807) is 12.1 Å². The number of rotatable bonds is 14. The van der Waals surface area contributed by atoms with Crippen molar-refractivity contribution in [3.63, 3.8) is 0 Å². The average Bonchev–Trinajstić information content (AvgIpc) is 1.52. The summed E-state index contributed by atoms with van der Waals surface area (Å²) in [5.41, 5.74) is 27.2. The number of nitrogens with zero attached hydrogens (tertiary/aromatic N) is 3. The summed E-state index contributed by atoms with van der Waals surface area (Å²) in [5, 5.41) is 3.39. The van der Waals surface area contributed by atoms with Gasteiger partial charge in [-0.25, -0.2) is 9.59 Å². The molecule has 3 radical (unpaired) electrons. The number of Topliss-reactive ketones (excluding diaryl/α,β-unsaturated/α-hetero) is 1. The Kier molecular flexibility index (Phi) is 55.2. The van der Waals surface area contributed by atoms with Crippen LogP contribution >= 0.6 is 0 Å². The topological polar surface area (TPSA) is 274 Å². The molecule has 19 nitrogen and oxygen atoms in total. The second-order valence-electron chi connectivity index (χ2n) is 24.3. The Morgan fingerprint density at radius 2 is 0.957 bits per heavy atom. The highest BCUT2D eigenvalue weighted by Crippen LogP contribution is 2.31. The van der Waals surface area contributed by atoms with Gasteiger partial charge in [0.25, 0.3) is 0 Å². The van der Waals surface area contributed by atoms with Crippen molar-refractivity contribution < 1.29 is 53.9 Å². The van der Waals surface area contributed by atoms with E-state index in [0.717, 1.165) is 55.4 Å². The van der Waals surface area contributed by atoms with Gasteiger partial charge in [-0.1, -0.05) is 189 Å². The number of nitrogens with one attached hydrogen (secondary N) is 1. The molecule has 9 N–H and O–H groups in total. The monoisotopic (exact) mass is 1320 g/mol. The Morgan fingerprint density at radius 3 is 1.35 bits per heavy atom.